The summed E-state index contributed by atoms with van der Waals surface area (Å²) in [6, 6.07) is 5.35. The normalized spacial score (nSPS) is 17.1. The van der Waals surface area contributed by atoms with Crippen molar-refractivity contribution in [2.75, 3.05) is 11.4 Å². The molecule has 1 heterocycles. The molecule has 0 fully saturated rings. The molecule has 0 amide bonds. The Morgan fingerprint density at radius 2 is 2.33 bits per heavy atom. The van der Waals surface area contributed by atoms with E-state index in [0.29, 0.717) is 5.69 Å². The Hall–Kier alpha value is -1.42. The maximum atomic E-state index is 10.4. The third-order valence-corrected chi connectivity index (χ3v) is 2.77. The van der Waals surface area contributed by atoms with E-state index in [0.717, 1.165) is 30.6 Å². The zero-order valence-electron chi connectivity index (χ0n) is 8.68. The first-order valence-electron chi connectivity index (χ1n) is 5.13. The van der Waals surface area contributed by atoms with Crippen LogP contribution in [0.2, 0.25) is 0 Å². The maximum absolute atomic E-state index is 10.4. The molecule has 80 valence electrons. The van der Waals surface area contributed by atoms with Gasteiger partial charge in [0.25, 0.3) is 0 Å². The van der Waals surface area contributed by atoms with Crippen LogP contribution in [0.15, 0.2) is 23.4 Å². The summed E-state index contributed by atoms with van der Waals surface area (Å²) in [6.07, 6.45) is 1.46. The van der Waals surface area contributed by atoms with Crippen LogP contribution in [0.25, 0.3) is 0 Å². The van der Waals surface area contributed by atoms with Crippen molar-refractivity contribution in [3.05, 3.63) is 28.7 Å². The number of fused-ring (bicyclic) bond motifs is 1. The van der Waals surface area contributed by atoms with Gasteiger partial charge in [0, 0.05) is 12.2 Å². The van der Waals surface area contributed by atoms with Gasteiger partial charge in [-0.1, -0.05) is 0 Å². The summed E-state index contributed by atoms with van der Waals surface area (Å²) in [6.45, 7) is 2.61. The van der Waals surface area contributed by atoms with Gasteiger partial charge < -0.3 is 10.0 Å². The number of aliphatic hydroxyl groups excluding tert-OH is 1. The summed E-state index contributed by atoms with van der Waals surface area (Å²) in [4.78, 5) is 12.3. The molecule has 15 heavy (non-hydrogen) atoms. The van der Waals surface area contributed by atoms with Crippen molar-refractivity contribution in [1.82, 2.24) is 0 Å². The Morgan fingerprint density at radius 3 is 3.00 bits per heavy atom. The van der Waals surface area contributed by atoms with Crippen LogP contribution >= 0.6 is 0 Å². The minimum absolute atomic E-state index is 0.459. The SMILES string of the molecule is CC(O)N1CCCc2cc(N=O)ccc21. The van der Waals surface area contributed by atoms with Crippen LogP contribution in [0.5, 0.6) is 0 Å². The van der Waals surface area contributed by atoms with Crippen LogP contribution in [0.3, 0.4) is 0 Å². The van der Waals surface area contributed by atoms with Crippen LogP contribution in [0.4, 0.5) is 11.4 Å². The molecule has 1 aliphatic heterocycles. The summed E-state index contributed by atoms with van der Waals surface area (Å²) in [7, 11) is 0. The van der Waals surface area contributed by atoms with E-state index in [4.69, 9.17) is 0 Å². The number of hydrogen-bond donors (Lipinski definition) is 1. The Labute approximate surface area is 88.5 Å². The molecule has 0 bridgehead atoms. The summed E-state index contributed by atoms with van der Waals surface area (Å²) in [5, 5.41) is 12.5. The van der Waals surface area contributed by atoms with E-state index >= 15 is 0 Å². The molecule has 1 aliphatic rings. The molecule has 0 radical (unpaired) electrons. The lowest BCUT2D eigenvalue weighted by molar-refractivity contribution is 0.186. The molecule has 0 saturated heterocycles. The van der Waals surface area contributed by atoms with Crippen molar-refractivity contribution in [3.63, 3.8) is 0 Å². The monoisotopic (exact) mass is 206 g/mol. The van der Waals surface area contributed by atoms with Crippen LogP contribution in [-0.4, -0.2) is 17.9 Å². The number of nitroso groups, excluding NO2 is 1. The van der Waals surface area contributed by atoms with Gasteiger partial charge in [0.1, 0.15) is 11.9 Å². The Balaban J connectivity index is 2.40. The molecule has 1 aromatic rings. The minimum Gasteiger partial charge on any atom is -0.374 e. The van der Waals surface area contributed by atoms with E-state index in [9.17, 15) is 10.0 Å². The highest BCUT2D eigenvalue weighted by Crippen LogP contribution is 2.31. The quantitative estimate of drug-likeness (QED) is 0.754. The Morgan fingerprint density at radius 1 is 1.53 bits per heavy atom. The Bertz CT molecular complexity index is 377. The molecule has 1 aromatic carbocycles. The average molecular weight is 206 g/mol. The third kappa shape index (κ3) is 1.85. The fraction of sp³-hybridized carbons (Fsp3) is 0.455. The van der Waals surface area contributed by atoms with Crippen molar-refractivity contribution in [1.29, 1.82) is 0 Å². The number of rotatable bonds is 2. The molecule has 4 heteroatoms. The van der Waals surface area contributed by atoms with Gasteiger partial charge in [0.2, 0.25) is 0 Å². The molecular formula is C11H14N2O2. The topological polar surface area (TPSA) is 52.9 Å². The highest BCUT2D eigenvalue weighted by Gasteiger charge is 2.19. The summed E-state index contributed by atoms with van der Waals surface area (Å²) < 4.78 is 0. The fourth-order valence-corrected chi connectivity index (χ4v) is 2.06. The molecule has 0 aromatic heterocycles. The Kier molecular flexibility index (Phi) is 2.68. The second-order valence-electron chi connectivity index (χ2n) is 3.83. The molecule has 4 nitrogen and oxygen atoms in total. The number of hydrogen-bond acceptors (Lipinski definition) is 4. The summed E-state index contributed by atoms with van der Waals surface area (Å²) >= 11 is 0. The van der Waals surface area contributed by atoms with Gasteiger partial charge in [0.05, 0.1) is 0 Å². The zero-order chi connectivity index (χ0) is 10.8. The van der Waals surface area contributed by atoms with Gasteiger partial charge >= 0.3 is 0 Å². The second kappa shape index (κ2) is 3.98. The molecule has 0 aliphatic carbocycles. The largest absolute Gasteiger partial charge is 0.374 e. The van der Waals surface area contributed by atoms with Crippen molar-refractivity contribution < 1.29 is 5.11 Å². The fourth-order valence-electron chi connectivity index (χ4n) is 2.06. The van der Waals surface area contributed by atoms with Crippen molar-refractivity contribution in [2.24, 2.45) is 5.18 Å². The molecule has 2 rings (SSSR count). The number of aliphatic hydroxyl groups is 1. The van der Waals surface area contributed by atoms with E-state index in [1.165, 1.54) is 0 Å². The molecule has 0 spiro atoms. The number of aryl methyl sites for hydroxylation is 1. The van der Waals surface area contributed by atoms with Crippen LogP contribution in [0.1, 0.15) is 18.9 Å². The number of anilines is 1. The smallest absolute Gasteiger partial charge is 0.124 e. The molecule has 1 N–H and O–H groups in total. The van der Waals surface area contributed by atoms with E-state index < -0.39 is 6.23 Å². The number of benzene rings is 1. The first kappa shape index (κ1) is 10.1. The molecular weight excluding hydrogens is 192 g/mol. The summed E-state index contributed by atoms with van der Waals surface area (Å²) in [5.41, 5.74) is 2.57. The third-order valence-electron chi connectivity index (χ3n) is 2.77. The van der Waals surface area contributed by atoms with Crippen LogP contribution in [-0.2, 0) is 6.42 Å². The van der Waals surface area contributed by atoms with E-state index in [2.05, 4.69) is 5.18 Å². The van der Waals surface area contributed by atoms with Gasteiger partial charge in [-0.2, -0.15) is 0 Å². The van der Waals surface area contributed by atoms with Crippen LogP contribution < -0.4 is 4.90 Å². The molecule has 1 unspecified atom stereocenters. The van der Waals surface area contributed by atoms with Crippen molar-refractivity contribution in [2.45, 2.75) is 26.0 Å². The van der Waals surface area contributed by atoms with Crippen molar-refractivity contribution in [3.8, 4) is 0 Å². The lowest BCUT2D eigenvalue weighted by Gasteiger charge is -2.33. The summed E-state index contributed by atoms with van der Waals surface area (Å²) in [5.74, 6) is 0. The van der Waals surface area contributed by atoms with E-state index in [1.54, 1.807) is 19.1 Å². The first-order valence-corrected chi connectivity index (χ1v) is 5.13. The van der Waals surface area contributed by atoms with E-state index in [1.807, 2.05) is 11.0 Å². The zero-order valence-corrected chi connectivity index (χ0v) is 8.68. The van der Waals surface area contributed by atoms with Gasteiger partial charge in [-0.15, -0.1) is 4.91 Å². The highest BCUT2D eigenvalue weighted by molar-refractivity contribution is 5.60. The first-order chi connectivity index (χ1) is 7.22. The highest BCUT2D eigenvalue weighted by atomic mass is 16.3. The van der Waals surface area contributed by atoms with Gasteiger partial charge in [0.15, 0.2) is 0 Å². The van der Waals surface area contributed by atoms with E-state index in [-0.39, 0.29) is 0 Å². The van der Waals surface area contributed by atoms with Gasteiger partial charge in [-0.3, -0.25) is 0 Å². The molecule has 1 atom stereocenters. The average Bonchev–Trinajstić information content (AvgIpc) is 2.27. The lowest BCUT2D eigenvalue weighted by atomic mass is 10.0. The lowest BCUT2D eigenvalue weighted by Crippen LogP contribution is -2.36. The van der Waals surface area contributed by atoms with Gasteiger partial charge in [-0.25, -0.2) is 0 Å². The second-order valence-corrected chi connectivity index (χ2v) is 3.83. The predicted molar refractivity (Wildman–Crippen MR) is 59.2 cm³/mol. The maximum Gasteiger partial charge on any atom is 0.124 e. The predicted octanol–water partition coefficient (Wildman–Crippen LogP) is 2.18. The number of nitrogens with zero attached hydrogens (tertiary/aromatic N) is 2. The minimum atomic E-state index is -0.487. The van der Waals surface area contributed by atoms with Gasteiger partial charge in [-0.05, 0) is 48.7 Å². The molecule has 0 saturated carbocycles. The van der Waals surface area contributed by atoms with Crippen LogP contribution in [0, 0.1) is 4.91 Å². The standard InChI is InChI=1S/C11H14N2O2/c1-8(14)13-6-2-3-9-7-10(12-15)4-5-11(9)13/h4-5,7-8,14H,2-3,6H2,1H3. The van der Waals surface area contributed by atoms with Crippen molar-refractivity contribution >= 4 is 11.4 Å².